The van der Waals surface area contributed by atoms with Crippen LogP contribution in [0.1, 0.15) is 76.9 Å². The molecule has 0 bridgehead atoms. The SMILES string of the molecule is CC(C)CC[C@H](c1ccc(C(F)(F)F)cc1)[C@](C)(N)c1ccccc1.O=C(O)c1ccccc1C(=O)O. The molecular weight excluding hydrogens is 483 g/mol. The molecule has 37 heavy (non-hydrogen) atoms. The molecule has 0 amide bonds. The summed E-state index contributed by atoms with van der Waals surface area (Å²) in [6, 6.07) is 20.7. The van der Waals surface area contributed by atoms with E-state index in [1.54, 1.807) is 12.1 Å². The van der Waals surface area contributed by atoms with Gasteiger partial charge in [-0.3, -0.25) is 0 Å². The van der Waals surface area contributed by atoms with Crippen molar-refractivity contribution >= 4 is 11.9 Å². The smallest absolute Gasteiger partial charge is 0.416 e. The summed E-state index contributed by atoms with van der Waals surface area (Å²) < 4.78 is 38.5. The molecule has 0 fully saturated rings. The van der Waals surface area contributed by atoms with Gasteiger partial charge in [-0.15, -0.1) is 0 Å². The van der Waals surface area contributed by atoms with Gasteiger partial charge in [0, 0.05) is 11.5 Å². The molecule has 4 N–H and O–H groups in total. The average molecular weight is 516 g/mol. The highest BCUT2D eigenvalue weighted by Gasteiger charge is 2.34. The number of carbonyl (C=O) groups is 2. The summed E-state index contributed by atoms with van der Waals surface area (Å²) in [6.45, 7) is 6.24. The van der Waals surface area contributed by atoms with E-state index in [2.05, 4.69) is 13.8 Å². The minimum absolute atomic E-state index is 0.0559. The lowest BCUT2D eigenvalue weighted by Gasteiger charge is -2.36. The first-order valence-electron chi connectivity index (χ1n) is 11.8. The predicted octanol–water partition coefficient (Wildman–Crippen LogP) is 7.18. The van der Waals surface area contributed by atoms with Gasteiger partial charge in [0.2, 0.25) is 0 Å². The van der Waals surface area contributed by atoms with E-state index < -0.39 is 29.2 Å². The molecule has 0 aliphatic rings. The van der Waals surface area contributed by atoms with Crippen molar-refractivity contribution in [3.63, 3.8) is 0 Å². The van der Waals surface area contributed by atoms with Gasteiger partial charge in [0.1, 0.15) is 0 Å². The highest BCUT2D eigenvalue weighted by molar-refractivity contribution is 6.01. The van der Waals surface area contributed by atoms with E-state index in [1.807, 2.05) is 37.3 Å². The lowest BCUT2D eigenvalue weighted by Crippen LogP contribution is -2.40. The maximum absolute atomic E-state index is 12.8. The fraction of sp³-hybridized carbons (Fsp3) is 0.310. The molecule has 2 atom stereocenters. The van der Waals surface area contributed by atoms with Crippen LogP contribution in [0.3, 0.4) is 0 Å². The van der Waals surface area contributed by atoms with Crippen molar-refractivity contribution in [3.05, 3.63) is 107 Å². The summed E-state index contributed by atoms with van der Waals surface area (Å²) >= 11 is 0. The van der Waals surface area contributed by atoms with Crippen LogP contribution in [-0.4, -0.2) is 22.2 Å². The number of hydrogen-bond donors (Lipinski definition) is 3. The zero-order valence-corrected chi connectivity index (χ0v) is 21.0. The molecule has 8 heteroatoms. The molecule has 0 unspecified atom stereocenters. The molecule has 0 saturated carbocycles. The fourth-order valence-corrected chi connectivity index (χ4v) is 4.07. The summed E-state index contributed by atoms with van der Waals surface area (Å²) in [5, 5.41) is 17.1. The van der Waals surface area contributed by atoms with Crippen molar-refractivity contribution in [2.45, 2.75) is 51.2 Å². The van der Waals surface area contributed by atoms with Gasteiger partial charge in [-0.2, -0.15) is 13.2 Å². The van der Waals surface area contributed by atoms with Crippen molar-refractivity contribution < 1.29 is 33.0 Å². The zero-order chi connectivity index (χ0) is 27.8. The molecule has 3 rings (SSSR count). The average Bonchev–Trinajstić information content (AvgIpc) is 2.84. The number of benzene rings is 3. The lowest BCUT2D eigenvalue weighted by atomic mass is 9.73. The van der Waals surface area contributed by atoms with Gasteiger partial charge in [-0.1, -0.05) is 74.9 Å². The first-order chi connectivity index (χ1) is 17.2. The summed E-state index contributed by atoms with van der Waals surface area (Å²) in [5.74, 6) is -2.01. The number of rotatable bonds is 8. The molecule has 3 aromatic carbocycles. The number of nitrogens with two attached hydrogens (primary N) is 1. The largest absolute Gasteiger partial charge is 0.478 e. The van der Waals surface area contributed by atoms with Crippen molar-refractivity contribution in [1.82, 2.24) is 0 Å². The van der Waals surface area contributed by atoms with Gasteiger partial charge in [0.05, 0.1) is 16.7 Å². The van der Waals surface area contributed by atoms with E-state index in [9.17, 15) is 22.8 Å². The second kappa shape index (κ2) is 12.5. The summed E-state index contributed by atoms with van der Waals surface area (Å²) in [6.07, 6.45) is -2.53. The molecular formula is C29H32F3NO4. The number of carboxylic acid groups (broad SMARTS) is 2. The van der Waals surface area contributed by atoms with Crippen LogP contribution in [0.15, 0.2) is 78.9 Å². The number of halogens is 3. The molecule has 0 aliphatic carbocycles. The van der Waals surface area contributed by atoms with Crippen molar-refractivity contribution in [2.24, 2.45) is 11.7 Å². The first kappa shape index (κ1) is 29.6. The number of hydrogen-bond acceptors (Lipinski definition) is 3. The standard InChI is InChI=1S/C21H26F3N.C8H6O4/c1-15(2)9-14-19(20(3,25)17-7-5-4-6-8-17)16-10-12-18(13-11-16)21(22,23)24;9-7(10)5-3-1-2-4-6(5)8(11)12/h4-8,10-13,15,19H,9,14,25H2,1-3H3;1-4H,(H,9,10)(H,11,12)/t19-,20-;/m1./s1. The van der Waals surface area contributed by atoms with Crippen LogP contribution in [0.25, 0.3) is 0 Å². The summed E-state index contributed by atoms with van der Waals surface area (Å²) in [4.78, 5) is 20.9. The molecule has 198 valence electrons. The Labute approximate surface area is 214 Å². The van der Waals surface area contributed by atoms with Gasteiger partial charge < -0.3 is 15.9 Å². The molecule has 3 aromatic rings. The first-order valence-corrected chi connectivity index (χ1v) is 11.8. The Morgan fingerprint density at radius 2 is 1.22 bits per heavy atom. The summed E-state index contributed by atoms with van der Waals surface area (Å²) in [5.41, 5.74) is 6.88. The third-order valence-electron chi connectivity index (χ3n) is 6.18. The Balaban J connectivity index is 0.000000335. The van der Waals surface area contributed by atoms with Crippen LogP contribution < -0.4 is 5.73 Å². The van der Waals surface area contributed by atoms with E-state index in [4.69, 9.17) is 15.9 Å². The molecule has 0 aromatic heterocycles. The normalized spacial score (nSPS) is 13.7. The van der Waals surface area contributed by atoms with Crippen LogP contribution in [0, 0.1) is 5.92 Å². The van der Waals surface area contributed by atoms with E-state index in [0.717, 1.165) is 36.1 Å². The quantitative estimate of drug-likeness (QED) is 0.295. The maximum atomic E-state index is 12.8. The van der Waals surface area contributed by atoms with Crippen LogP contribution in [-0.2, 0) is 11.7 Å². The topological polar surface area (TPSA) is 101 Å². The summed E-state index contributed by atoms with van der Waals surface area (Å²) in [7, 11) is 0. The van der Waals surface area contributed by atoms with Crippen molar-refractivity contribution in [3.8, 4) is 0 Å². The van der Waals surface area contributed by atoms with Gasteiger partial charge >= 0.3 is 18.1 Å². The second-order valence-electron chi connectivity index (χ2n) is 9.45. The Morgan fingerprint density at radius 3 is 1.62 bits per heavy atom. The number of alkyl halides is 3. The molecule has 0 spiro atoms. The van der Waals surface area contributed by atoms with E-state index >= 15 is 0 Å². The van der Waals surface area contributed by atoms with E-state index in [0.29, 0.717) is 5.92 Å². The van der Waals surface area contributed by atoms with Gasteiger partial charge in [0.15, 0.2) is 0 Å². The Hall–Kier alpha value is -3.65. The molecule has 0 radical (unpaired) electrons. The number of carboxylic acids is 2. The lowest BCUT2D eigenvalue weighted by molar-refractivity contribution is -0.137. The Kier molecular flexibility index (Phi) is 10.0. The fourth-order valence-electron chi connectivity index (χ4n) is 4.07. The van der Waals surface area contributed by atoms with Gasteiger partial charge in [-0.25, -0.2) is 9.59 Å². The molecule has 0 saturated heterocycles. The zero-order valence-electron chi connectivity index (χ0n) is 21.0. The van der Waals surface area contributed by atoms with Crippen LogP contribution in [0.5, 0.6) is 0 Å². The third-order valence-corrected chi connectivity index (χ3v) is 6.18. The van der Waals surface area contributed by atoms with Gasteiger partial charge in [-0.05, 0) is 54.7 Å². The van der Waals surface area contributed by atoms with Crippen molar-refractivity contribution in [1.29, 1.82) is 0 Å². The van der Waals surface area contributed by atoms with Gasteiger partial charge in [0.25, 0.3) is 0 Å². The number of aromatic carboxylic acids is 2. The van der Waals surface area contributed by atoms with Crippen LogP contribution in [0.2, 0.25) is 0 Å². The van der Waals surface area contributed by atoms with Crippen LogP contribution in [0.4, 0.5) is 13.2 Å². The molecule has 0 aliphatic heterocycles. The van der Waals surface area contributed by atoms with Crippen molar-refractivity contribution in [2.75, 3.05) is 0 Å². The Bertz CT molecular complexity index is 1140. The second-order valence-corrected chi connectivity index (χ2v) is 9.45. The van der Waals surface area contributed by atoms with E-state index in [-0.39, 0.29) is 17.0 Å². The monoisotopic (exact) mass is 515 g/mol. The molecule has 0 heterocycles. The predicted molar refractivity (Wildman–Crippen MR) is 137 cm³/mol. The molecule has 5 nitrogen and oxygen atoms in total. The maximum Gasteiger partial charge on any atom is 0.416 e. The Morgan fingerprint density at radius 1 is 0.757 bits per heavy atom. The highest BCUT2D eigenvalue weighted by Crippen LogP contribution is 2.40. The minimum atomic E-state index is -4.32. The van der Waals surface area contributed by atoms with E-state index in [1.165, 1.54) is 24.3 Å². The highest BCUT2D eigenvalue weighted by atomic mass is 19.4. The third kappa shape index (κ3) is 8.18. The van der Waals surface area contributed by atoms with Crippen LogP contribution >= 0.6 is 0 Å². The minimum Gasteiger partial charge on any atom is -0.478 e.